The van der Waals surface area contributed by atoms with E-state index in [0.29, 0.717) is 41.5 Å². The average Bonchev–Trinajstić information content (AvgIpc) is 3.57. The van der Waals surface area contributed by atoms with Crippen molar-refractivity contribution in [2.45, 2.75) is 13.0 Å². The van der Waals surface area contributed by atoms with Crippen molar-refractivity contribution in [2.75, 3.05) is 23.9 Å². The van der Waals surface area contributed by atoms with E-state index in [-0.39, 0.29) is 11.8 Å². The number of carbonyl (C=O) groups is 2. The summed E-state index contributed by atoms with van der Waals surface area (Å²) in [6, 6.07) is 19.9. The molecule has 3 aromatic carbocycles. The van der Waals surface area contributed by atoms with Gasteiger partial charge in [0.05, 0.1) is 18.3 Å². The number of benzene rings is 3. The molecule has 0 unspecified atom stereocenters. The molecule has 1 N–H and O–H groups in total. The molecular weight excluding hydrogens is 462 g/mol. The first kappa shape index (κ1) is 22.6. The van der Waals surface area contributed by atoms with Crippen molar-refractivity contribution in [3.63, 3.8) is 0 Å². The molecule has 0 bridgehead atoms. The third-order valence-corrected chi connectivity index (χ3v) is 6.44. The molecule has 0 fully saturated rings. The zero-order chi connectivity index (χ0) is 24.2. The van der Waals surface area contributed by atoms with Crippen LogP contribution in [-0.4, -0.2) is 30.5 Å². The molecule has 1 aliphatic heterocycles. The number of ether oxygens (including phenoxy) is 2. The Bertz CT molecular complexity index is 1350. The van der Waals surface area contributed by atoms with E-state index in [0.717, 1.165) is 17.8 Å². The van der Waals surface area contributed by atoms with Crippen molar-refractivity contribution in [1.82, 2.24) is 4.98 Å². The quantitative estimate of drug-likeness (QED) is 0.390. The Morgan fingerprint density at radius 2 is 1.83 bits per heavy atom. The molecule has 0 spiro atoms. The van der Waals surface area contributed by atoms with Crippen molar-refractivity contribution < 1.29 is 19.1 Å². The van der Waals surface area contributed by atoms with E-state index in [2.05, 4.69) is 16.4 Å². The van der Waals surface area contributed by atoms with E-state index in [4.69, 9.17) is 9.47 Å². The third-order valence-electron chi connectivity index (χ3n) is 5.81. The molecule has 2 amide bonds. The molecule has 176 valence electrons. The second-order valence-electron chi connectivity index (χ2n) is 8.00. The number of para-hydroxylation sites is 1. The number of rotatable bonds is 7. The molecule has 35 heavy (non-hydrogen) atoms. The third kappa shape index (κ3) is 4.88. The number of fused-ring (bicyclic) bond motifs is 1. The van der Waals surface area contributed by atoms with Gasteiger partial charge in [-0.2, -0.15) is 0 Å². The van der Waals surface area contributed by atoms with E-state index >= 15 is 0 Å². The second-order valence-corrected chi connectivity index (χ2v) is 8.72. The normalized spacial score (nSPS) is 12.2. The fourth-order valence-corrected chi connectivity index (χ4v) is 4.54. The Hall–Kier alpha value is -4.17. The van der Waals surface area contributed by atoms with E-state index in [1.807, 2.05) is 23.6 Å². The first-order valence-electron chi connectivity index (χ1n) is 11.1. The minimum Gasteiger partial charge on any atom is -0.493 e. The van der Waals surface area contributed by atoms with Crippen LogP contribution in [0, 0.1) is 0 Å². The van der Waals surface area contributed by atoms with Gasteiger partial charge in [-0.15, -0.1) is 11.3 Å². The van der Waals surface area contributed by atoms with Crippen LogP contribution in [-0.2, 0) is 13.0 Å². The van der Waals surface area contributed by atoms with E-state index in [1.54, 1.807) is 52.9 Å². The standard InChI is InChI=1S/C27H23N3O4S/c1-33-25-14-20(8-11-24(25)34-15-22-16-35-17-28-22)26(31)29-21-9-6-19(7-10-21)27(32)30-13-12-18-4-2-3-5-23(18)30/h2-11,14,16-17H,12-13,15H2,1H3,(H,29,31). The smallest absolute Gasteiger partial charge is 0.258 e. The summed E-state index contributed by atoms with van der Waals surface area (Å²) in [5, 5.41) is 4.78. The molecule has 1 aromatic heterocycles. The fourth-order valence-electron chi connectivity index (χ4n) is 3.99. The highest BCUT2D eigenvalue weighted by atomic mass is 32.1. The van der Waals surface area contributed by atoms with E-state index < -0.39 is 0 Å². The summed E-state index contributed by atoms with van der Waals surface area (Å²) < 4.78 is 11.2. The van der Waals surface area contributed by atoms with Gasteiger partial charge in [-0.1, -0.05) is 18.2 Å². The van der Waals surface area contributed by atoms with Crippen LogP contribution >= 0.6 is 11.3 Å². The zero-order valence-corrected chi connectivity index (χ0v) is 19.9. The van der Waals surface area contributed by atoms with Crippen LogP contribution in [0.1, 0.15) is 32.0 Å². The van der Waals surface area contributed by atoms with Gasteiger partial charge >= 0.3 is 0 Å². The summed E-state index contributed by atoms with van der Waals surface area (Å²) >= 11 is 1.50. The minimum atomic E-state index is -0.290. The van der Waals surface area contributed by atoms with Crippen LogP contribution in [0.2, 0.25) is 0 Å². The summed E-state index contributed by atoms with van der Waals surface area (Å²) in [6.07, 6.45) is 0.855. The van der Waals surface area contributed by atoms with Crippen LogP contribution in [0.3, 0.4) is 0 Å². The number of nitrogens with zero attached hydrogens (tertiary/aromatic N) is 2. The monoisotopic (exact) mass is 485 g/mol. The Balaban J connectivity index is 1.24. The lowest BCUT2D eigenvalue weighted by atomic mass is 10.1. The average molecular weight is 486 g/mol. The Morgan fingerprint density at radius 1 is 1.03 bits per heavy atom. The number of carbonyl (C=O) groups excluding carboxylic acids is 2. The predicted molar refractivity (Wildman–Crippen MR) is 136 cm³/mol. The lowest BCUT2D eigenvalue weighted by Crippen LogP contribution is -2.28. The van der Waals surface area contributed by atoms with Crippen molar-refractivity contribution >= 4 is 34.5 Å². The molecule has 7 nitrogen and oxygen atoms in total. The number of anilines is 2. The highest BCUT2D eigenvalue weighted by Crippen LogP contribution is 2.30. The van der Waals surface area contributed by atoms with Gasteiger partial charge < -0.3 is 19.7 Å². The number of nitrogens with one attached hydrogen (secondary N) is 1. The summed E-state index contributed by atoms with van der Waals surface area (Å²) in [7, 11) is 1.53. The molecule has 4 aromatic rings. The molecule has 0 saturated heterocycles. The van der Waals surface area contributed by atoms with Gasteiger partial charge in [0.15, 0.2) is 11.5 Å². The summed E-state index contributed by atoms with van der Waals surface area (Å²) in [5.41, 5.74) is 6.31. The Labute approximate surface area is 207 Å². The SMILES string of the molecule is COc1cc(C(=O)Nc2ccc(C(=O)N3CCc4ccccc43)cc2)ccc1OCc1cscn1. The number of hydrogen-bond acceptors (Lipinski definition) is 6. The van der Waals surface area contributed by atoms with Gasteiger partial charge in [-0.05, 0) is 60.5 Å². The van der Waals surface area contributed by atoms with Gasteiger partial charge in [0.25, 0.3) is 11.8 Å². The first-order chi connectivity index (χ1) is 17.1. The molecule has 8 heteroatoms. The molecular formula is C27H23N3O4S. The molecule has 2 heterocycles. The second kappa shape index (κ2) is 9.99. The largest absolute Gasteiger partial charge is 0.493 e. The van der Waals surface area contributed by atoms with Crippen LogP contribution < -0.4 is 19.7 Å². The molecule has 1 aliphatic rings. The van der Waals surface area contributed by atoms with Crippen molar-refractivity contribution in [3.05, 3.63) is 100 Å². The maximum atomic E-state index is 13.0. The van der Waals surface area contributed by atoms with Gasteiger partial charge in [-0.25, -0.2) is 4.98 Å². The fraction of sp³-hybridized carbons (Fsp3) is 0.148. The first-order valence-corrected chi connectivity index (χ1v) is 12.1. The van der Waals surface area contributed by atoms with Crippen LogP contribution in [0.5, 0.6) is 11.5 Å². The maximum Gasteiger partial charge on any atom is 0.258 e. The van der Waals surface area contributed by atoms with Crippen LogP contribution in [0.15, 0.2) is 77.6 Å². The maximum absolute atomic E-state index is 13.0. The predicted octanol–water partition coefficient (Wildman–Crippen LogP) is 5.19. The number of methoxy groups -OCH3 is 1. The van der Waals surface area contributed by atoms with Crippen LogP contribution in [0.25, 0.3) is 0 Å². The number of thiazole rings is 1. The summed E-state index contributed by atoms with van der Waals surface area (Å²) in [6.45, 7) is 0.988. The molecule has 0 saturated carbocycles. The van der Waals surface area contributed by atoms with Crippen molar-refractivity contribution in [1.29, 1.82) is 0 Å². The van der Waals surface area contributed by atoms with E-state index in [1.165, 1.54) is 24.0 Å². The van der Waals surface area contributed by atoms with Gasteiger partial charge in [0.1, 0.15) is 6.61 Å². The highest BCUT2D eigenvalue weighted by Gasteiger charge is 2.25. The minimum absolute atomic E-state index is 0.0502. The summed E-state index contributed by atoms with van der Waals surface area (Å²) in [4.78, 5) is 31.8. The Kier molecular flexibility index (Phi) is 6.45. The van der Waals surface area contributed by atoms with Crippen molar-refractivity contribution in [3.8, 4) is 11.5 Å². The number of amides is 2. The number of hydrogen-bond donors (Lipinski definition) is 1. The lowest BCUT2D eigenvalue weighted by molar-refractivity contribution is 0.0988. The van der Waals surface area contributed by atoms with Gasteiger partial charge in [0, 0.05) is 34.4 Å². The van der Waals surface area contributed by atoms with Crippen molar-refractivity contribution in [2.24, 2.45) is 0 Å². The topological polar surface area (TPSA) is 80.8 Å². The van der Waals surface area contributed by atoms with Gasteiger partial charge in [0.2, 0.25) is 0 Å². The molecule has 0 atom stereocenters. The van der Waals surface area contributed by atoms with Gasteiger partial charge in [-0.3, -0.25) is 9.59 Å². The number of aromatic nitrogens is 1. The van der Waals surface area contributed by atoms with Crippen LogP contribution in [0.4, 0.5) is 11.4 Å². The Morgan fingerprint density at radius 3 is 2.60 bits per heavy atom. The zero-order valence-electron chi connectivity index (χ0n) is 19.1. The molecule has 0 aliphatic carbocycles. The molecule has 5 rings (SSSR count). The molecule has 0 radical (unpaired) electrons. The summed E-state index contributed by atoms with van der Waals surface area (Å²) in [5.74, 6) is 0.649. The lowest BCUT2D eigenvalue weighted by Gasteiger charge is -2.17. The highest BCUT2D eigenvalue weighted by molar-refractivity contribution is 7.07. The van der Waals surface area contributed by atoms with E-state index in [9.17, 15) is 9.59 Å².